The van der Waals surface area contributed by atoms with E-state index in [-0.39, 0.29) is 5.91 Å². The number of pyridine rings is 2. The van der Waals surface area contributed by atoms with E-state index in [0.29, 0.717) is 59.7 Å². The summed E-state index contributed by atoms with van der Waals surface area (Å²) in [5, 5.41) is 10.9. The zero-order valence-corrected chi connectivity index (χ0v) is 21.4. The van der Waals surface area contributed by atoms with Gasteiger partial charge in [0.25, 0.3) is 5.91 Å². The van der Waals surface area contributed by atoms with Crippen molar-refractivity contribution < 1.29 is 13.9 Å². The van der Waals surface area contributed by atoms with Crippen LogP contribution >= 0.6 is 10.6 Å². The Kier molecular flexibility index (Phi) is 7.33. The molecule has 0 bridgehead atoms. The minimum atomic E-state index is -2.40. The number of aryl methyl sites for hydroxylation is 1. The molecule has 4 aromatic heterocycles. The zero-order valence-electron chi connectivity index (χ0n) is 20.5. The maximum atomic E-state index is 13.0. The number of nitrogens with zero attached hydrogens (tertiary/aromatic N) is 6. The van der Waals surface area contributed by atoms with Crippen molar-refractivity contribution in [2.75, 3.05) is 43.0 Å². The summed E-state index contributed by atoms with van der Waals surface area (Å²) in [5.74, 6) is 1.63. The van der Waals surface area contributed by atoms with Crippen molar-refractivity contribution in [3.63, 3.8) is 0 Å². The molecule has 0 aliphatic carbocycles. The van der Waals surface area contributed by atoms with E-state index in [9.17, 15) is 13.9 Å². The van der Waals surface area contributed by atoms with Gasteiger partial charge in [0.05, 0.1) is 22.8 Å². The van der Waals surface area contributed by atoms with Gasteiger partial charge in [0, 0.05) is 43.9 Å². The van der Waals surface area contributed by atoms with Crippen LogP contribution in [0.2, 0.25) is 0 Å². The van der Waals surface area contributed by atoms with Gasteiger partial charge < -0.3 is 15.5 Å². The van der Waals surface area contributed by atoms with Crippen molar-refractivity contribution in [3.8, 4) is 11.5 Å². The smallest absolute Gasteiger partial charge is 0.254 e. The van der Waals surface area contributed by atoms with Crippen molar-refractivity contribution in [2.45, 2.75) is 13.3 Å². The number of rotatable bonds is 8. The molecular formula is C25H30N8O3S. The largest absolute Gasteiger partial charge is 0.352 e. The van der Waals surface area contributed by atoms with Gasteiger partial charge in [-0.1, -0.05) is 6.07 Å². The molecule has 4 N–H and O–H groups in total. The van der Waals surface area contributed by atoms with Crippen molar-refractivity contribution >= 4 is 33.5 Å². The van der Waals surface area contributed by atoms with E-state index in [2.05, 4.69) is 30.6 Å². The minimum absolute atomic E-state index is 0.232. The monoisotopic (exact) mass is 522 g/mol. The van der Waals surface area contributed by atoms with Crippen LogP contribution in [0.3, 0.4) is 0 Å². The van der Waals surface area contributed by atoms with Crippen LogP contribution in [0.25, 0.3) is 17.0 Å². The van der Waals surface area contributed by atoms with Crippen molar-refractivity contribution in [2.24, 2.45) is 0 Å². The highest BCUT2D eigenvalue weighted by atomic mass is 32.3. The highest BCUT2D eigenvalue weighted by Crippen LogP contribution is 2.40. The molecule has 12 heteroatoms. The first-order chi connectivity index (χ1) is 17.9. The van der Waals surface area contributed by atoms with E-state index in [1.54, 1.807) is 16.8 Å². The molecule has 194 valence electrons. The molecule has 1 amide bonds. The molecule has 5 rings (SSSR count). The van der Waals surface area contributed by atoms with Crippen LogP contribution in [-0.4, -0.2) is 82.2 Å². The minimum Gasteiger partial charge on any atom is -0.352 e. The second-order valence-corrected chi connectivity index (χ2v) is 11.4. The van der Waals surface area contributed by atoms with Gasteiger partial charge in [-0.2, -0.15) is 10.6 Å². The number of aromatic nitrogens is 5. The van der Waals surface area contributed by atoms with E-state index in [1.165, 1.54) is 6.20 Å². The van der Waals surface area contributed by atoms with Gasteiger partial charge >= 0.3 is 0 Å². The van der Waals surface area contributed by atoms with E-state index >= 15 is 0 Å². The third-order valence-corrected chi connectivity index (χ3v) is 7.91. The number of anilines is 2. The summed E-state index contributed by atoms with van der Waals surface area (Å²) >= 11 is 0. The average molecular weight is 523 g/mol. The Hall–Kier alpha value is -3.58. The first-order valence-corrected chi connectivity index (χ1v) is 14.0. The fourth-order valence-corrected chi connectivity index (χ4v) is 5.51. The van der Waals surface area contributed by atoms with Crippen LogP contribution in [0, 0.1) is 6.92 Å². The van der Waals surface area contributed by atoms with Crippen molar-refractivity contribution in [3.05, 3.63) is 66.2 Å². The highest BCUT2D eigenvalue weighted by molar-refractivity contribution is 8.24. The normalized spacial score (nSPS) is 16.4. The van der Waals surface area contributed by atoms with E-state index in [4.69, 9.17) is 4.98 Å². The molecular weight excluding hydrogens is 492 g/mol. The molecule has 0 saturated carbocycles. The van der Waals surface area contributed by atoms with Gasteiger partial charge in [0.1, 0.15) is 11.2 Å². The molecule has 1 saturated heterocycles. The molecule has 5 heterocycles. The Labute approximate surface area is 216 Å². The summed E-state index contributed by atoms with van der Waals surface area (Å²) in [6.07, 6.45) is 5.76. The number of hydrogen-bond donors (Lipinski definition) is 4. The first kappa shape index (κ1) is 25.1. The number of hydrogen-bond acceptors (Lipinski definition) is 9. The van der Waals surface area contributed by atoms with Gasteiger partial charge in [-0.05, 0) is 50.2 Å². The van der Waals surface area contributed by atoms with Crippen LogP contribution < -0.4 is 10.6 Å². The number of amides is 1. The maximum Gasteiger partial charge on any atom is 0.254 e. The maximum absolute atomic E-state index is 13.0. The molecule has 0 spiro atoms. The van der Waals surface area contributed by atoms with Crippen molar-refractivity contribution in [1.82, 2.24) is 34.8 Å². The van der Waals surface area contributed by atoms with E-state index in [0.717, 1.165) is 24.2 Å². The van der Waals surface area contributed by atoms with E-state index < -0.39 is 10.6 Å². The second kappa shape index (κ2) is 10.8. The van der Waals surface area contributed by atoms with E-state index in [1.807, 2.05) is 43.5 Å². The summed E-state index contributed by atoms with van der Waals surface area (Å²) in [7, 11) is -2.40. The van der Waals surface area contributed by atoms with Gasteiger partial charge in [0.15, 0.2) is 5.82 Å². The Morgan fingerprint density at radius 1 is 1.11 bits per heavy atom. The van der Waals surface area contributed by atoms with Gasteiger partial charge in [-0.25, -0.2) is 14.5 Å². The molecule has 1 fully saturated rings. The fraction of sp³-hybridized carbons (Fsp3) is 0.320. The molecule has 37 heavy (non-hydrogen) atoms. The summed E-state index contributed by atoms with van der Waals surface area (Å²) in [4.78, 5) is 28.6. The molecule has 0 aromatic carbocycles. The lowest BCUT2D eigenvalue weighted by Crippen LogP contribution is -2.39. The third kappa shape index (κ3) is 6.05. The fourth-order valence-electron chi connectivity index (χ4n) is 4.20. The van der Waals surface area contributed by atoms with Gasteiger partial charge in [-0.15, -0.1) is 5.10 Å². The number of nitrogens with one attached hydrogen (secondary N) is 2. The Morgan fingerprint density at radius 2 is 1.95 bits per heavy atom. The van der Waals surface area contributed by atoms with Gasteiger partial charge in [-0.3, -0.25) is 18.9 Å². The SMILES string of the molecule is Cc1cccc(-c2nc(Nc3ccncc3C(=O)NCCCN3CCS(O)(O)CC3)c3cccn3n2)n1. The topological polar surface area (TPSA) is 141 Å². The van der Waals surface area contributed by atoms with Crippen LogP contribution in [-0.2, 0) is 0 Å². The predicted molar refractivity (Wildman–Crippen MR) is 144 cm³/mol. The lowest BCUT2D eigenvalue weighted by atomic mass is 10.2. The molecule has 0 atom stereocenters. The lowest BCUT2D eigenvalue weighted by molar-refractivity contribution is 0.0952. The summed E-state index contributed by atoms with van der Waals surface area (Å²) < 4.78 is 21.2. The standard InChI is InChI=1S/C25H30N8O3S/c1-18-5-2-6-21(28-18)23-30-24(22-7-3-12-33(22)31-23)29-20-8-10-26-17-19(20)25(34)27-9-4-11-32-13-15-37(35,36)16-14-32/h2-3,5-8,10,12,17,35-36H,4,9,11,13-16H2,1H3,(H,27,34)(H,26,29,30,31). The number of carbonyl (C=O) groups is 1. The number of fused-ring (bicyclic) bond motifs is 1. The predicted octanol–water partition coefficient (Wildman–Crippen LogP) is 3.42. The second-order valence-electron chi connectivity index (χ2n) is 8.99. The van der Waals surface area contributed by atoms with Crippen LogP contribution in [0.1, 0.15) is 22.5 Å². The number of carbonyl (C=O) groups excluding carboxylic acids is 1. The third-order valence-electron chi connectivity index (χ3n) is 6.23. The molecule has 4 aromatic rings. The summed E-state index contributed by atoms with van der Waals surface area (Å²) in [5.41, 5.74) is 3.28. The van der Waals surface area contributed by atoms with Gasteiger partial charge in [0.2, 0.25) is 5.82 Å². The van der Waals surface area contributed by atoms with Crippen LogP contribution in [0.15, 0.2) is 55.0 Å². The molecule has 11 nitrogen and oxygen atoms in total. The van der Waals surface area contributed by atoms with Crippen molar-refractivity contribution in [1.29, 1.82) is 0 Å². The first-order valence-electron chi connectivity index (χ1n) is 12.1. The summed E-state index contributed by atoms with van der Waals surface area (Å²) in [6, 6.07) is 11.2. The molecule has 1 aliphatic rings. The summed E-state index contributed by atoms with van der Waals surface area (Å²) in [6.45, 7) is 4.54. The molecule has 0 unspecified atom stereocenters. The Balaban J connectivity index is 1.28. The Morgan fingerprint density at radius 3 is 2.76 bits per heavy atom. The quantitative estimate of drug-likeness (QED) is 0.256. The highest BCUT2D eigenvalue weighted by Gasteiger charge is 2.22. The molecule has 1 aliphatic heterocycles. The Bertz CT molecular complexity index is 1400. The molecule has 0 radical (unpaired) electrons. The average Bonchev–Trinajstić information content (AvgIpc) is 3.37. The van der Waals surface area contributed by atoms with Crippen LogP contribution in [0.5, 0.6) is 0 Å². The lowest BCUT2D eigenvalue weighted by Gasteiger charge is -2.41. The van der Waals surface area contributed by atoms with Crippen LogP contribution in [0.4, 0.5) is 11.5 Å². The zero-order chi connectivity index (χ0) is 25.8.